The lowest BCUT2D eigenvalue weighted by Crippen LogP contribution is -2.28. The van der Waals surface area contributed by atoms with E-state index in [2.05, 4.69) is 4.83 Å². The van der Waals surface area contributed by atoms with Crippen LogP contribution in [0.5, 0.6) is 0 Å². The van der Waals surface area contributed by atoms with Gasteiger partial charge in [-0.05, 0) is 0 Å². The molecule has 1 N–H and O–H groups in total. The Morgan fingerprint density at radius 2 is 1.75 bits per heavy atom. The fourth-order valence-corrected chi connectivity index (χ4v) is 0.490. The highest BCUT2D eigenvalue weighted by atomic mass is 35.5. The molecule has 0 aliphatic carbocycles. The van der Waals surface area contributed by atoms with Crippen molar-refractivity contribution in [2.45, 2.75) is 0 Å². The van der Waals surface area contributed by atoms with Crippen LogP contribution in [-0.2, 0) is 10.9 Å². The molecule has 0 aliphatic rings. The lowest BCUT2D eigenvalue weighted by molar-refractivity contribution is 0.370. The molecule has 6 heteroatoms. The quantitative estimate of drug-likeness (QED) is 0.403. The molecular formula is C2H9ClN2O2S. The van der Waals surface area contributed by atoms with Crippen molar-refractivity contribution < 1.29 is 8.42 Å². The molecule has 0 aromatic rings. The Labute approximate surface area is 56.3 Å². The number of rotatable bonds is 2. The van der Waals surface area contributed by atoms with Crippen LogP contribution < -0.4 is 4.83 Å². The first-order valence-electron chi connectivity index (χ1n) is 1.71. The smallest absolute Gasteiger partial charge is 0.214 e. The molecule has 0 fully saturated rings. The lowest BCUT2D eigenvalue weighted by Gasteiger charge is -2.02. The molecule has 0 aromatic carbocycles. The van der Waals surface area contributed by atoms with E-state index in [1.54, 1.807) is 14.1 Å². The van der Waals surface area contributed by atoms with Gasteiger partial charge < -0.3 is 0 Å². The van der Waals surface area contributed by atoms with E-state index >= 15 is 0 Å². The second kappa shape index (κ2) is 5.30. The minimum Gasteiger partial charge on any atom is -0.237 e. The van der Waals surface area contributed by atoms with Gasteiger partial charge in [0.05, 0.1) is 0 Å². The first-order valence-corrected chi connectivity index (χ1v) is 2.88. The van der Waals surface area contributed by atoms with Gasteiger partial charge in [0.15, 0.2) is 0 Å². The van der Waals surface area contributed by atoms with Gasteiger partial charge in [-0.3, -0.25) is 0 Å². The number of hydrogen-bond donors (Lipinski definition) is 2. The van der Waals surface area contributed by atoms with Crippen LogP contribution in [0.25, 0.3) is 0 Å². The van der Waals surface area contributed by atoms with Crippen molar-refractivity contribution in [2.75, 3.05) is 14.1 Å². The zero-order chi connectivity index (χ0) is 5.86. The molecule has 0 amide bonds. The van der Waals surface area contributed by atoms with Gasteiger partial charge in [-0.1, -0.05) is 0 Å². The molecule has 0 bridgehead atoms. The number of nitrogens with zero attached hydrogens (tertiary/aromatic N) is 1. The molecule has 0 aromatic heterocycles. The fraction of sp³-hybridized carbons (Fsp3) is 1.00. The lowest BCUT2D eigenvalue weighted by atomic mass is 11.2. The molecule has 0 saturated carbocycles. The van der Waals surface area contributed by atoms with Crippen molar-refractivity contribution >= 4 is 23.3 Å². The first kappa shape index (κ1) is 11.0. The van der Waals surface area contributed by atoms with E-state index in [4.69, 9.17) is 0 Å². The summed E-state index contributed by atoms with van der Waals surface area (Å²) >= 11 is 0. The Hall–Kier alpha value is 0.160. The summed E-state index contributed by atoms with van der Waals surface area (Å²) in [4.78, 5) is 2.09. The summed E-state index contributed by atoms with van der Waals surface area (Å²) in [7, 11) is 0.741. The maximum absolute atomic E-state index is 9.69. The van der Waals surface area contributed by atoms with Crippen molar-refractivity contribution in [2.24, 2.45) is 0 Å². The fourth-order valence-electron chi connectivity index (χ4n) is 0.163. The second-order valence-corrected chi connectivity index (χ2v) is 1.97. The van der Waals surface area contributed by atoms with Crippen molar-refractivity contribution in [3.8, 4) is 0 Å². The van der Waals surface area contributed by atoms with Gasteiger partial charge in [-0.2, -0.15) is 4.83 Å². The van der Waals surface area contributed by atoms with Gasteiger partial charge in [0.25, 0.3) is 0 Å². The number of nitrogens with one attached hydrogen (secondary N) is 1. The maximum Gasteiger partial charge on any atom is 0.214 e. The van der Waals surface area contributed by atoms with Crippen LogP contribution in [0.15, 0.2) is 0 Å². The second-order valence-electron chi connectivity index (χ2n) is 1.25. The molecule has 0 atom stereocenters. The van der Waals surface area contributed by atoms with Gasteiger partial charge in [0.2, 0.25) is 10.9 Å². The van der Waals surface area contributed by atoms with E-state index < -0.39 is 10.9 Å². The summed E-state index contributed by atoms with van der Waals surface area (Å²) in [6.07, 6.45) is 0. The van der Waals surface area contributed by atoms with E-state index in [0.717, 1.165) is 0 Å². The predicted molar refractivity (Wildman–Crippen MR) is 34.4 cm³/mol. The molecule has 4 nitrogen and oxygen atoms in total. The minimum atomic E-state index is -2.46. The van der Waals surface area contributed by atoms with E-state index in [1.165, 1.54) is 5.01 Å². The Morgan fingerprint density at radius 3 is 1.75 bits per heavy atom. The Kier molecular flexibility index (Phi) is 7.30. The van der Waals surface area contributed by atoms with E-state index in [0.29, 0.717) is 0 Å². The Morgan fingerprint density at radius 1 is 1.38 bits per heavy atom. The van der Waals surface area contributed by atoms with E-state index in [9.17, 15) is 8.42 Å². The molecule has 52 valence electrons. The summed E-state index contributed by atoms with van der Waals surface area (Å²) in [5.41, 5.74) is 0. The molecule has 0 aliphatic heterocycles. The molecule has 0 spiro atoms. The Balaban J connectivity index is 0. The largest absolute Gasteiger partial charge is 0.237 e. The van der Waals surface area contributed by atoms with Crippen LogP contribution in [0.4, 0.5) is 0 Å². The number of hydrazine groups is 1. The van der Waals surface area contributed by atoms with Crippen molar-refractivity contribution in [3.05, 3.63) is 0 Å². The highest BCUT2D eigenvalue weighted by molar-refractivity contribution is 7.70. The van der Waals surface area contributed by atoms with Crippen LogP contribution in [0, 0.1) is 0 Å². The van der Waals surface area contributed by atoms with Crippen molar-refractivity contribution in [1.29, 1.82) is 0 Å². The molecule has 0 saturated heterocycles. The normalized spacial score (nSPS) is 9.50. The third-order valence-corrected chi connectivity index (χ3v) is 0.845. The summed E-state index contributed by atoms with van der Waals surface area (Å²) in [6.45, 7) is 0. The molecule has 0 heterocycles. The zero-order valence-electron chi connectivity index (χ0n) is 4.62. The summed E-state index contributed by atoms with van der Waals surface area (Å²) in [6, 6.07) is 0. The van der Waals surface area contributed by atoms with Gasteiger partial charge in [-0.15, -0.1) is 12.4 Å². The van der Waals surface area contributed by atoms with Crippen LogP contribution in [0.1, 0.15) is 0 Å². The molecule has 0 radical (unpaired) electrons. The summed E-state index contributed by atoms with van der Waals surface area (Å²) < 4.78 is 19.4. The van der Waals surface area contributed by atoms with Gasteiger partial charge in [0, 0.05) is 14.1 Å². The number of hydrogen-bond acceptors (Lipinski definition) is 3. The van der Waals surface area contributed by atoms with Gasteiger partial charge >= 0.3 is 0 Å². The topological polar surface area (TPSA) is 49.4 Å². The standard InChI is InChI=1S/C2H8N2O2S.ClH/c1-4(2)3-7(5)6;/h7H,1-2H3,(H,3,5,6);1H. The van der Waals surface area contributed by atoms with Crippen LogP contribution in [0.3, 0.4) is 0 Å². The van der Waals surface area contributed by atoms with Gasteiger partial charge in [-0.25, -0.2) is 13.4 Å². The van der Waals surface area contributed by atoms with Crippen molar-refractivity contribution in [1.82, 2.24) is 9.84 Å². The average molecular weight is 161 g/mol. The molecule has 0 unspecified atom stereocenters. The number of thiol groups is 1. The predicted octanol–water partition coefficient (Wildman–Crippen LogP) is -0.999. The summed E-state index contributed by atoms with van der Waals surface area (Å²) in [5.74, 6) is 0. The monoisotopic (exact) mass is 160 g/mol. The van der Waals surface area contributed by atoms with Crippen LogP contribution in [0.2, 0.25) is 0 Å². The minimum absolute atomic E-state index is 0. The summed E-state index contributed by atoms with van der Waals surface area (Å²) in [5, 5.41) is 1.35. The van der Waals surface area contributed by atoms with Crippen molar-refractivity contribution in [3.63, 3.8) is 0 Å². The Bertz CT molecular complexity index is 105. The molecule has 8 heavy (non-hydrogen) atoms. The zero-order valence-corrected chi connectivity index (χ0v) is 6.33. The van der Waals surface area contributed by atoms with E-state index in [-0.39, 0.29) is 12.4 Å². The number of halogens is 1. The van der Waals surface area contributed by atoms with Crippen LogP contribution in [-0.4, -0.2) is 27.5 Å². The molecular weight excluding hydrogens is 152 g/mol. The highest BCUT2D eigenvalue weighted by Gasteiger charge is 1.82. The maximum atomic E-state index is 9.69. The highest BCUT2D eigenvalue weighted by Crippen LogP contribution is 1.57. The average Bonchev–Trinajstić information content (AvgIpc) is 1.27. The third kappa shape index (κ3) is 9.48. The molecule has 0 rings (SSSR count). The van der Waals surface area contributed by atoms with Crippen LogP contribution >= 0.6 is 12.4 Å². The first-order chi connectivity index (χ1) is 3.13. The van der Waals surface area contributed by atoms with E-state index in [1.807, 2.05) is 0 Å². The third-order valence-electron chi connectivity index (χ3n) is 0.282. The SMILES string of the molecule is CN(C)N[SH](=O)=O.Cl. The van der Waals surface area contributed by atoms with Gasteiger partial charge in [0.1, 0.15) is 0 Å².